The molecule has 1 aromatic carbocycles. The number of ether oxygens (including phenoxy) is 1. The predicted molar refractivity (Wildman–Crippen MR) is 90.5 cm³/mol. The molecule has 1 aromatic heterocycles. The van der Waals surface area contributed by atoms with Crippen LogP contribution in [0.15, 0.2) is 41.4 Å². The smallest absolute Gasteiger partial charge is 0.243 e. The van der Waals surface area contributed by atoms with Crippen molar-refractivity contribution in [2.24, 2.45) is 0 Å². The monoisotopic (exact) mass is 347 g/mol. The van der Waals surface area contributed by atoms with Crippen LogP contribution in [0.25, 0.3) is 0 Å². The van der Waals surface area contributed by atoms with Crippen molar-refractivity contribution >= 4 is 10.0 Å². The van der Waals surface area contributed by atoms with Crippen LogP contribution in [-0.4, -0.2) is 42.9 Å². The molecule has 1 aliphatic heterocycles. The van der Waals surface area contributed by atoms with Crippen LogP contribution in [0.2, 0.25) is 0 Å². The van der Waals surface area contributed by atoms with E-state index in [1.165, 1.54) is 0 Å². The number of nitrogens with zero attached hydrogens (tertiary/aromatic N) is 3. The molecule has 1 atom stereocenters. The maximum Gasteiger partial charge on any atom is 0.243 e. The van der Waals surface area contributed by atoms with Crippen LogP contribution in [0, 0.1) is 6.92 Å². The number of piperidine rings is 1. The highest BCUT2D eigenvalue weighted by Crippen LogP contribution is 2.29. The van der Waals surface area contributed by atoms with Gasteiger partial charge in [0.1, 0.15) is 11.6 Å². The van der Waals surface area contributed by atoms with Crippen molar-refractivity contribution in [3.8, 4) is 5.75 Å². The molecular formula is C17H21N3O3S. The maximum atomic E-state index is 12.9. The van der Waals surface area contributed by atoms with Crippen molar-refractivity contribution < 1.29 is 13.2 Å². The summed E-state index contributed by atoms with van der Waals surface area (Å²) in [5.74, 6) is 1.46. The molecule has 0 spiro atoms. The van der Waals surface area contributed by atoms with E-state index in [1.807, 2.05) is 13.0 Å². The highest BCUT2D eigenvalue weighted by molar-refractivity contribution is 7.89. The zero-order valence-corrected chi connectivity index (χ0v) is 14.7. The lowest BCUT2D eigenvalue weighted by molar-refractivity contribution is 0.312. The average molecular weight is 347 g/mol. The summed E-state index contributed by atoms with van der Waals surface area (Å²) in [6, 6.07) is 8.39. The minimum absolute atomic E-state index is 0.105. The molecule has 3 rings (SSSR count). The van der Waals surface area contributed by atoms with Crippen molar-refractivity contribution in [2.75, 3.05) is 20.2 Å². The topological polar surface area (TPSA) is 72.4 Å². The fraction of sp³-hybridized carbons (Fsp3) is 0.412. The quantitative estimate of drug-likeness (QED) is 0.849. The Hall–Kier alpha value is -1.99. The summed E-state index contributed by atoms with van der Waals surface area (Å²) in [6.07, 6.45) is 3.49. The van der Waals surface area contributed by atoms with Gasteiger partial charge >= 0.3 is 0 Å². The molecule has 1 saturated heterocycles. The minimum atomic E-state index is -3.50. The summed E-state index contributed by atoms with van der Waals surface area (Å²) in [7, 11) is -1.95. The second-order valence-electron chi connectivity index (χ2n) is 5.91. The Morgan fingerprint density at radius 2 is 1.96 bits per heavy atom. The van der Waals surface area contributed by atoms with Gasteiger partial charge in [-0.3, -0.25) is 0 Å². The molecule has 0 amide bonds. The van der Waals surface area contributed by atoms with E-state index in [1.54, 1.807) is 41.9 Å². The third kappa shape index (κ3) is 3.42. The molecule has 0 unspecified atom stereocenters. The first-order valence-corrected chi connectivity index (χ1v) is 9.38. The maximum absolute atomic E-state index is 12.9. The first-order valence-electron chi connectivity index (χ1n) is 7.94. The zero-order chi connectivity index (χ0) is 17.2. The molecule has 0 N–H and O–H groups in total. The van der Waals surface area contributed by atoms with Crippen LogP contribution in [-0.2, 0) is 10.0 Å². The van der Waals surface area contributed by atoms with Gasteiger partial charge in [-0.05, 0) is 50.1 Å². The van der Waals surface area contributed by atoms with Crippen molar-refractivity contribution in [3.63, 3.8) is 0 Å². The van der Waals surface area contributed by atoms with Gasteiger partial charge in [0.15, 0.2) is 0 Å². The molecule has 1 aliphatic rings. The lowest BCUT2D eigenvalue weighted by atomic mass is 9.96. The third-order valence-corrected chi connectivity index (χ3v) is 6.18. The van der Waals surface area contributed by atoms with Gasteiger partial charge in [0.2, 0.25) is 10.0 Å². The van der Waals surface area contributed by atoms with Crippen LogP contribution >= 0.6 is 0 Å². The molecule has 7 heteroatoms. The van der Waals surface area contributed by atoms with Gasteiger partial charge in [-0.1, -0.05) is 0 Å². The Bertz CT molecular complexity index is 806. The molecule has 0 saturated carbocycles. The summed E-state index contributed by atoms with van der Waals surface area (Å²) >= 11 is 0. The lowest BCUT2D eigenvalue weighted by Crippen LogP contribution is -2.39. The lowest BCUT2D eigenvalue weighted by Gasteiger charge is -2.31. The SMILES string of the molecule is COc1ccc(S(=O)(=O)N2CCC[C@@H](c3ccnc(C)n3)C2)cc1. The van der Waals surface area contributed by atoms with Crippen molar-refractivity contribution in [1.29, 1.82) is 0 Å². The number of aryl methyl sites for hydroxylation is 1. The number of aromatic nitrogens is 2. The predicted octanol–water partition coefficient (Wildman–Crippen LogP) is 2.36. The minimum Gasteiger partial charge on any atom is -0.497 e. The van der Waals surface area contributed by atoms with Gasteiger partial charge < -0.3 is 4.74 Å². The molecule has 1 fully saturated rings. The number of methoxy groups -OCH3 is 1. The van der Waals surface area contributed by atoms with Crippen LogP contribution in [0.5, 0.6) is 5.75 Å². The summed E-state index contributed by atoms with van der Waals surface area (Å²) in [5, 5.41) is 0. The fourth-order valence-corrected chi connectivity index (χ4v) is 4.52. The van der Waals surface area contributed by atoms with E-state index < -0.39 is 10.0 Å². The zero-order valence-electron chi connectivity index (χ0n) is 13.8. The number of rotatable bonds is 4. The van der Waals surface area contributed by atoms with Gasteiger partial charge in [0.25, 0.3) is 0 Å². The van der Waals surface area contributed by atoms with Gasteiger partial charge in [-0.15, -0.1) is 0 Å². The second-order valence-corrected chi connectivity index (χ2v) is 7.84. The largest absolute Gasteiger partial charge is 0.497 e. The summed E-state index contributed by atoms with van der Waals surface area (Å²) < 4.78 is 32.4. The van der Waals surface area contributed by atoms with Crippen molar-refractivity contribution in [2.45, 2.75) is 30.6 Å². The molecule has 0 radical (unpaired) electrons. The standard InChI is InChI=1S/C17H21N3O3S/c1-13-18-10-9-17(19-13)14-4-3-11-20(12-14)24(21,22)16-7-5-15(23-2)6-8-16/h5-10,14H,3-4,11-12H2,1-2H3/t14-/m1/s1. The Kier molecular flexibility index (Phi) is 4.82. The van der Waals surface area contributed by atoms with E-state index in [-0.39, 0.29) is 5.92 Å². The van der Waals surface area contributed by atoms with E-state index in [2.05, 4.69) is 9.97 Å². The van der Waals surface area contributed by atoms with Crippen LogP contribution in [0.3, 0.4) is 0 Å². The molecule has 2 aromatic rings. The first-order chi connectivity index (χ1) is 11.5. The van der Waals surface area contributed by atoms with E-state index >= 15 is 0 Å². The number of hydrogen-bond donors (Lipinski definition) is 0. The normalized spacial score (nSPS) is 19.2. The summed E-state index contributed by atoms with van der Waals surface area (Å²) in [6.45, 7) is 2.83. The van der Waals surface area contributed by atoms with E-state index in [0.717, 1.165) is 18.5 Å². The number of sulfonamides is 1. The Labute approximate surface area is 142 Å². The Balaban J connectivity index is 1.82. The number of benzene rings is 1. The molecule has 0 bridgehead atoms. The van der Waals surface area contributed by atoms with E-state index in [0.29, 0.717) is 29.6 Å². The van der Waals surface area contributed by atoms with Gasteiger partial charge in [0, 0.05) is 30.9 Å². The molecule has 24 heavy (non-hydrogen) atoms. The van der Waals surface area contributed by atoms with Gasteiger partial charge in [-0.25, -0.2) is 18.4 Å². The van der Waals surface area contributed by atoms with Crippen LogP contribution < -0.4 is 4.74 Å². The van der Waals surface area contributed by atoms with Gasteiger partial charge in [0.05, 0.1) is 12.0 Å². The van der Waals surface area contributed by atoms with Gasteiger partial charge in [-0.2, -0.15) is 4.31 Å². The second kappa shape index (κ2) is 6.86. The molecule has 128 valence electrons. The van der Waals surface area contributed by atoms with Crippen molar-refractivity contribution in [1.82, 2.24) is 14.3 Å². The molecular weight excluding hydrogens is 326 g/mol. The highest BCUT2D eigenvalue weighted by Gasteiger charge is 2.31. The van der Waals surface area contributed by atoms with Crippen LogP contribution in [0.4, 0.5) is 0 Å². The van der Waals surface area contributed by atoms with Crippen molar-refractivity contribution in [3.05, 3.63) is 48.0 Å². The third-order valence-electron chi connectivity index (χ3n) is 4.30. The summed E-state index contributed by atoms with van der Waals surface area (Å²) in [5.41, 5.74) is 0.914. The number of hydrogen-bond acceptors (Lipinski definition) is 5. The van der Waals surface area contributed by atoms with E-state index in [9.17, 15) is 8.42 Å². The van der Waals surface area contributed by atoms with Crippen LogP contribution in [0.1, 0.15) is 30.3 Å². The highest BCUT2D eigenvalue weighted by atomic mass is 32.2. The molecule has 0 aliphatic carbocycles. The average Bonchev–Trinajstić information content (AvgIpc) is 2.62. The van der Waals surface area contributed by atoms with E-state index in [4.69, 9.17) is 4.74 Å². The summed E-state index contributed by atoms with van der Waals surface area (Å²) in [4.78, 5) is 8.87. The fourth-order valence-electron chi connectivity index (χ4n) is 3.00. The molecule has 6 nitrogen and oxygen atoms in total. The molecule has 2 heterocycles. The Morgan fingerprint density at radius 3 is 2.62 bits per heavy atom. The Morgan fingerprint density at radius 1 is 1.21 bits per heavy atom. The first kappa shape index (κ1) is 16.9.